The number of rotatable bonds is 30. The molecule has 2 unspecified atom stereocenters. The molecule has 0 saturated heterocycles. The maximum absolute atomic E-state index is 11.6. The number of nitrogens with zero attached hydrogens (tertiary/aromatic N) is 1. The molecule has 0 fully saturated rings. The van der Waals surface area contributed by atoms with Crippen molar-refractivity contribution in [1.82, 2.24) is 4.90 Å². The van der Waals surface area contributed by atoms with Gasteiger partial charge in [-0.1, -0.05) is 182 Å². The number of esters is 2. The van der Waals surface area contributed by atoms with Gasteiger partial charge in [0.25, 0.3) is 11.8 Å². The van der Waals surface area contributed by atoms with Crippen LogP contribution < -0.4 is 5.73 Å². The van der Waals surface area contributed by atoms with Crippen molar-refractivity contribution >= 4 is 23.8 Å². The van der Waals surface area contributed by atoms with Gasteiger partial charge in [-0.2, -0.15) is 0 Å². The van der Waals surface area contributed by atoms with Gasteiger partial charge in [-0.3, -0.25) is 14.5 Å². The van der Waals surface area contributed by atoms with Gasteiger partial charge in [0.15, 0.2) is 0 Å². The van der Waals surface area contributed by atoms with E-state index < -0.39 is 11.9 Å². The van der Waals surface area contributed by atoms with Gasteiger partial charge < -0.3 is 10.5 Å². The quantitative estimate of drug-likeness (QED) is 0.0345. The van der Waals surface area contributed by atoms with Gasteiger partial charge in [-0.05, 0) is 37.6 Å². The van der Waals surface area contributed by atoms with E-state index in [0.717, 1.165) is 43.4 Å². The molecule has 0 aromatic rings. The topological polar surface area (TPSA) is 107 Å². The lowest BCUT2D eigenvalue weighted by molar-refractivity contribution is -0.150. The molecular formula is C43H78N2O5. The van der Waals surface area contributed by atoms with E-state index in [0.29, 0.717) is 6.54 Å². The van der Waals surface area contributed by atoms with Crippen LogP contribution in [0.4, 0.5) is 0 Å². The number of unbranched alkanes of at least 4 members (excludes halogenated alkanes) is 16. The highest BCUT2D eigenvalue weighted by Crippen LogP contribution is 2.24. The van der Waals surface area contributed by atoms with E-state index in [2.05, 4.69) is 32.4 Å². The lowest BCUT2D eigenvalue weighted by Gasteiger charge is -2.19. The third kappa shape index (κ3) is 28.4. The first-order valence-electron chi connectivity index (χ1n) is 21.0. The summed E-state index contributed by atoms with van der Waals surface area (Å²) in [5.41, 5.74) is 5.73. The van der Waals surface area contributed by atoms with E-state index in [1.807, 2.05) is 0 Å². The molecule has 2 aliphatic heterocycles. The summed E-state index contributed by atoms with van der Waals surface area (Å²) in [5.74, 6) is 0.248. The van der Waals surface area contributed by atoms with Crippen LogP contribution in [-0.2, 0) is 23.9 Å². The summed E-state index contributed by atoms with van der Waals surface area (Å²) in [5, 5.41) is 0. The van der Waals surface area contributed by atoms with E-state index in [1.54, 1.807) is 0 Å². The first-order valence-corrected chi connectivity index (χ1v) is 21.0. The van der Waals surface area contributed by atoms with Gasteiger partial charge >= 0.3 is 11.9 Å². The average Bonchev–Trinajstić information content (AvgIpc) is 3.65. The van der Waals surface area contributed by atoms with Crippen molar-refractivity contribution in [2.45, 2.75) is 201 Å². The Morgan fingerprint density at radius 2 is 0.780 bits per heavy atom. The van der Waals surface area contributed by atoms with Gasteiger partial charge in [0.1, 0.15) is 0 Å². The zero-order valence-electron chi connectivity index (χ0n) is 33.0. The summed E-state index contributed by atoms with van der Waals surface area (Å²) in [6, 6.07) is 0. The number of imide groups is 1. The zero-order chi connectivity index (χ0) is 37.1. The molecule has 0 spiro atoms. The van der Waals surface area contributed by atoms with E-state index in [4.69, 9.17) is 5.73 Å². The first kappa shape index (κ1) is 47.7. The van der Waals surface area contributed by atoms with Crippen LogP contribution in [0.1, 0.15) is 201 Å². The normalized spacial score (nSPS) is 14.8. The minimum atomic E-state index is -0.579. The summed E-state index contributed by atoms with van der Waals surface area (Å²) in [6.07, 6.45) is 41.3. The van der Waals surface area contributed by atoms with Gasteiger partial charge in [-0.15, -0.1) is 0 Å². The molecule has 0 radical (unpaired) electrons. The Hall–Kier alpha value is -2.28. The fraction of sp³-hybridized carbons (Fsp3) is 0.814. The van der Waals surface area contributed by atoms with Crippen LogP contribution in [0.2, 0.25) is 0 Å². The molecule has 2 heterocycles. The van der Waals surface area contributed by atoms with Crippen molar-refractivity contribution in [3.05, 3.63) is 24.3 Å². The number of nitrogens with two attached hydrogens (primary N) is 1. The van der Waals surface area contributed by atoms with E-state index >= 15 is 0 Å². The Bertz CT molecular complexity index is 881. The number of cyclic esters (lactones) is 2. The average molecular weight is 703 g/mol. The predicted molar refractivity (Wildman–Crippen MR) is 209 cm³/mol. The largest absolute Gasteiger partial charge is 0.387 e. The van der Waals surface area contributed by atoms with Crippen LogP contribution in [-0.4, -0.2) is 41.7 Å². The van der Waals surface area contributed by atoms with E-state index in [-0.39, 0.29) is 11.8 Å². The molecule has 50 heavy (non-hydrogen) atoms. The molecule has 2 N–H and O–H groups in total. The van der Waals surface area contributed by atoms with Crippen molar-refractivity contribution in [1.29, 1.82) is 0 Å². The molecule has 7 nitrogen and oxygen atoms in total. The molecule has 2 rings (SSSR count). The maximum atomic E-state index is 11.6. The van der Waals surface area contributed by atoms with Crippen LogP contribution in [0.25, 0.3) is 0 Å². The van der Waals surface area contributed by atoms with Crippen LogP contribution >= 0.6 is 0 Å². The molecule has 2 aliphatic rings. The molecule has 0 aliphatic carbocycles. The maximum Gasteiger partial charge on any atom is 0.338 e. The van der Waals surface area contributed by atoms with Crippen LogP contribution in [0.5, 0.6) is 0 Å². The number of ether oxygens (including phenoxy) is 1. The lowest BCUT2D eigenvalue weighted by Crippen LogP contribution is -2.31. The lowest BCUT2D eigenvalue weighted by atomic mass is 9.90. The highest BCUT2D eigenvalue weighted by molar-refractivity contribution is 6.12. The predicted octanol–water partition coefficient (Wildman–Crippen LogP) is 11.3. The zero-order valence-corrected chi connectivity index (χ0v) is 33.0. The van der Waals surface area contributed by atoms with E-state index in [1.165, 1.54) is 178 Å². The number of hydrogen-bond acceptors (Lipinski definition) is 6. The second kappa shape index (κ2) is 35.1. The molecule has 0 bridgehead atoms. The summed E-state index contributed by atoms with van der Waals surface area (Å²) >= 11 is 0. The Kier molecular flexibility index (Phi) is 33.5. The molecule has 0 saturated carbocycles. The molecule has 2 atom stereocenters. The second-order valence-electron chi connectivity index (χ2n) is 14.5. The minimum Gasteiger partial charge on any atom is -0.387 e. The molecule has 0 aromatic carbocycles. The molecule has 7 heteroatoms. The monoisotopic (exact) mass is 703 g/mol. The molecule has 2 amide bonds. The fourth-order valence-electron chi connectivity index (χ4n) is 6.74. The molecular weight excluding hydrogens is 624 g/mol. The SMILES string of the molecule is CCCCCCCCC(CCCCCC)CCCN1C(=O)C=CC1=O.CCCCCCCCC(CCN)CCCCCC.O=C1C=CC(=O)O1. The smallest absolute Gasteiger partial charge is 0.338 e. The van der Waals surface area contributed by atoms with Gasteiger partial charge in [0, 0.05) is 30.8 Å². The second-order valence-corrected chi connectivity index (χ2v) is 14.5. The Morgan fingerprint density at radius 1 is 0.460 bits per heavy atom. The fourth-order valence-corrected chi connectivity index (χ4v) is 6.74. The van der Waals surface area contributed by atoms with Gasteiger partial charge in [0.2, 0.25) is 0 Å². The number of amides is 2. The van der Waals surface area contributed by atoms with Crippen molar-refractivity contribution in [2.24, 2.45) is 17.6 Å². The van der Waals surface area contributed by atoms with Crippen molar-refractivity contribution < 1.29 is 23.9 Å². The van der Waals surface area contributed by atoms with E-state index in [9.17, 15) is 19.2 Å². The molecule has 290 valence electrons. The Balaban J connectivity index is 0.000000830. The highest BCUT2D eigenvalue weighted by atomic mass is 16.6. The summed E-state index contributed by atoms with van der Waals surface area (Å²) in [4.78, 5) is 44.5. The van der Waals surface area contributed by atoms with Crippen molar-refractivity contribution in [3.63, 3.8) is 0 Å². The Morgan fingerprint density at radius 3 is 1.12 bits per heavy atom. The van der Waals surface area contributed by atoms with Gasteiger partial charge in [0.05, 0.1) is 0 Å². The van der Waals surface area contributed by atoms with Crippen LogP contribution in [0.15, 0.2) is 24.3 Å². The van der Waals surface area contributed by atoms with Crippen molar-refractivity contribution in [3.8, 4) is 0 Å². The number of hydrogen-bond donors (Lipinski definition) is 1. The van der Waals surface area contributed by atoms with Crippen molar-refractivity contribution in [2.75, 3.05) is 13.1 Å². The number of carbonyl (C=O) groups is 4. The van der Waals surface area contributed by atoms with Gasteiger partial charge in [-0.25, -0.2) is 9.59 Å². The third-order valence-corrected chi connectivity index (χ3v) is 9.89. The Labute approximate surface area is 308 Å². The minimum absolute atomic E-state index is 0.139. The number of carbonyl (C=O) groups excluding carboxylic acids is 4. The molecule has 0 aromatic heterocycles. The van der Waals surface area contributed by atoms with Crippen LogP contribution in [0, 0.1) is 11.8 Å². The van der Waals surface area contributed by atoms with Crippen LogP contribution in [0.3, 0.4) is 0 Å². The standard InChI is InChI=1S/C22H39NO2.C17H37N.C4H2O3/c1-3-5-7-9-10-12-15-20(14-11-8-6-4-2)16-13-19-23-21(24)17-18-22(23)25;1-3-5-7-9-10-12-14-17(15-16-18)13-11-8-6-4-2;5-3-1-2-4(6)7-3/h17-18,20H,3-16,19H2,1-2H3;17H,3-16,18H2,1-2H3;1-2H. The third-order valence-electron chi connectivity index (χ3n) is 9.89. The summed E-state index contributed by atoms with van der Waals surface area (Å²) in [7, 11) is 0. The highest BCUT2D eigenvalue weighted by Gasteiger charge is 2.23. The summed E-state index contributed by atoms with van der Waals surface area (Å²) < 4.78 is 3.97. The first-order chi connectivity index (χ1) is 24.3. The summed E-state index contributed by atoms with van der Waals surface area (Å²) in [6.45, 7) is 10.6.